The zero-order chi connectivity index (χ0) is 76.5. The smallest absolute Gasteiger partial charge is 0.337 e. The third kappa shape index (κ3) is 50.2. The highest BCUT2D eigenvalue weighted by Gasteiger charge is 2.18. The van der Waals surface area contributed by atoms with E-state index in [9.17, 15) is 38.4 Å². The van der Waals surface area contributed by atoms with E-state index in [-0.39, 0.29) is 47.0 Å². The van der Waals surface area contributed by atoms with E-state index >= 15 is 0 Å². The SMILES string of the molecule is C.C.C.C.CCCCCCCCC(=O)NNC(=O)c1ccc(C(=O)NNC(=O)CCCCCCCC)cc1.CCCCCCCCc1nnc(-c2ccc(-c3nnc(CCCCCCCC)s3)cc2)s1.CCOC(Cl)(Cl)Cl.COC(=O)c1ccc(C(=O)OC)cc1.NN.NNC(=O)c1ccc(C(=O)NN)cc1.O. The van der Waals surface area contributed by atoms with E-state index in [1.807, 2.05) is 10.9 Å². The molecule has 0 unspecified atom stereocenters. The predicted octanol–water partition coefficient (Wildman–Crippen LogP) is 16.3. The van der Waals surface area contributed by atoms with E-state index in [4.69, 9.17) is 46.5 Å². The molecular formula is C77H127Cl3N14O12S2. The molecule has 6 rings (SSSR count). The number of nitrogens with one attached hydrogen (secondary N) is 6. The molecule has 6 amide bonds. The van der Waals surface area contributed by atoms with Crippen molar-refractivity contribution < 1.29 is 58.0 Å². The maximum absolute atomic E-state index is 12.2. The number of halogens is 3. The largest absolute Gasteiger partial charge is 0.465 e. The monoisotopic (exact) mass is 1610 g/mol. The van der Waals surface area contributed by atoms with Crippen molar-refractivity contribution in [1.82, 2.24) is 52.9 Å². The van der Waals surface area contributed by atoms with Gasteiger partial charge in [-0.2, -0.15) is 0 Å². The molecule has 0 aliphatic carbocycles. The number of carbonyl (C=O) groups is 8. The van der Waals surface area contributed by atoms with Crippen LogP contribution in [-0.2, 0) is 36.6 Å². The fraction of sp³-hybridized carbons (Fsp3) is 0.532. The Morgan fingerprint density at radius 2 is 0.639 bits per heavy atom. The molecule has 0 aliphatic heterocycles. The molecule has 0 aliphatic rings. The zero-order valence-corrected chi connectivity index (χ0v) is 65.2. The molecule has 0 spiro atoms. The number of nitrogen functional groups attached to an aromatic ring is 2. The van der Waals surface area contributed by atoms with Gasteiger partial charge in [-0.05, 0) is 105 Å². The molecule has 0 fully saturated rings. The Morgan fingerprint density at radius 3 is 0.889 bits per heavy atom. The average molecular weight is 1610 g/mol. The van der Waals surface area contributed by atoms with Crippen LogP contribution in [0.4, 0.5) is 0 Å². The van der Waals surface area contributed by atoms with Gasteiger partial charge in [0, 0.05) is 65.7 Å². The Hall–Kier alpha value is -7.61. The molecule has 0 bridgehead atoms. The second-order valence-corrected chi connectivity index (χ2v) is 27.5. The number of alkyl halides is 3. The lowest BCUT2D eigenvalue weighted by molar-refractivity contribution is -0.122. The standard InChI is InChI=1S/C26H42N4O4.C26H38N4S2.C10H10O4.C8H10N4O2.C3H5Cl3O.4CH4.H4N2.H2O/c1-3-5-7-9-11-13-15-23(31)27-29-25(33)21-17-19-22(20-18-21)26(34)30-28-24(32)16-14-12-10-8-6-4-2;1-3-5-7-9-11-13-15-23-27-29-25(31-23)21-17-19-22(20-18-21)26-30-28-24(32-26)16-14-12-10-8-6-4-2;1-13-9(11)7-3-5-8(6-4-7)10(12)14-2;9-11-7(13)5-1-2-6(4-3-5)8(14)12-10;1-2-7-3(4,5)6;;;;;1-2;/h17-20H,3-16H2,1-2H3,(H,27,31)(H,28,32)(H,29,33)(H,30,34);17-20H,3-16H2,1-2H3;3-6H,1-2H3;1-4H,9-10H2,(H,11,13)(H,12,14);2H2,1H3;4*1H4;1-2H2;1H2. The molecule has 6 aromatic rings. The number of rotatable bonds is 37. The summed E-state index contributed by atoms with van der Waals surface area (Å²) in [6.07, 6.45) is 31.6. The summed E-state index contributed by atoms with van der Waals surface area (Å²) in [6.45, 7) is 11.0. The van der Waals surface area contributed by atoms with E-state index in [1.165, 1.54) is 203 Å². The average Bonchev–Trinajstić information content (AvgIpc) is 1.66. The molecule has 108 heavy (non-hydrogen) atoms. The quantitative estimate of drug-likeness (QED) is 0.00432. The molecule has 2 aromatic heterocycles. The summed E-state index contributed by atoms with van der Waals surface area (Å²) in [4.78, 5) is 92.1. The first-order valence-corrected chi connectivity index (χ1v) is 37.9. The molecule has 0 atom stereocenters. The Morgan fingerprint density at radius 1 is 0.380 bits per heavy atom. The number of nitrogens with two attached hydrogens (primary N) is 4. The second-order valence-electron chi connectivity index (χ2n) is 23.2. The number of hydrogen-bond acceptors (Lipinski definition) is 21. The number of esters is 2. The van der Waals surface area contributed by atoms with Crippen LogP contribution in [0, 0.1) is 0 Å². The number of nitrogens with zero attached hydrogens (tertiary/aromatic N) is 4. The van der Waals surface area contributed by atoms with E-state index in [0.29, 0.717) is 52.8 Å². The molecule has 4 aromatic carbocycles. The van der Waals surface area contributed by atoms with Gasteiger partial charge < -0.3 is 19.7 Å². The molecule has 0 radical (unpaired) electrons. The van der Waals surface area contributed by atoms with Gasteiger partial charge >= 0.3 is 11.9 Å². The molecule has 2 heterocycles. The number of hydrazine groups is 5. The number of unbranched alkanes of at least 4 members (excludes halogenated alkanes) is 20. The third-order valence-electron chi connectivity index (χ3n) is 15.1. The maximum atomic E-state index is 12.2. The summed E-state index contributed by atoms with van der Waals surface area (Å²) in [5, 5.41) is 22.0. The van der Waals surface area contributed by atoms with E-state index in [2.05, 4.69) is 120 Å². The molecule has 26 nitrogen and oxygen atoms in total. The van der Waals surface area contributed by atoms with E-state index < -0.39 is 39.5 Å². The lowest BCUT2D eigenvalue weighted by Gasteiger charge is -2.09. The van der Waals surface area contributed by atoms with Crippen LogP contribution >= 0.6 is 57.5 Å². The fourth-order valence-corrected chi connectivity index (χ4v) is 11.4. The van der Waals surface area contributed by atoms with Crippen molar-refractivity contribution in [1.29, 1.82) is 0 Å². The highest BCUT2D eigenvalue weighted by atomic mass is 35.6. The van der Waals surface area contributed by atoms with Crippen molar-refractivity contribution in [3.05, 3.63) is 140 Å². The Balaban J connectivity index is -0.000000437. The van der Waals surface area contributed by atoms with Crippen LogP contribution in [0.5, 0.6) is 0 Å². The maximum Gasteiger partial charge on any atom is 0.337 e. The van der Waals surface area contributed by atoms with Gasteiger partial charge in [-0.3, -0.25) is 73.0 Å². The topological polar surface area (TPSA) is 424 Å². The van der Waals surface area contributed by atoms with Crippen molar-refractivity contribution in [3.8, 4) is 21.1 Å². The Labute approximate surface area is 665 Å². The predicted molar refractivity (Wildman–Crippen MR) is 442 cm³/mol. The summed E-state index contributed by atoms with van der Waals surface area (Å²) < 4.78 is 12.0. The van der Waals surface area contributed by atoms with Crippen LogP contribution in [0.25, 0.3) is 21.1 Å². The second kappa shape index (κ2) is 68.6. The van der Waals surface area contributed by atoms with E-state index in [0.717, 1.165) is 82.5 Å². The summed E-state index contributed by atoms with van der Waals surface area (Å²) >= 11 is 18.9. The molecule has 610 valence electrons. The lowest BCUT2D eigenvalue weighted by Crippen LogP contribution is -2.42. The number of benzene rings is 4. The number of amides is 6. The summed E-state index contributed by atoms with van der Waals surface area (Å²) in [5.74, 6) is 14.8. The van der Waals surface area contributed by atoms with Gasteiger partial charge in [0.25, 0.3) is 27.6 Å². The van der Waals surface area contributed by atoms with Gasteiger partial charge in [-0.1, -0.05) is 268 Å². The van der Waals surface area contributed by atoms with Crippen molar-refractivity contribution in [2.24, 2.45) is 23.4 Å². The highest BCUT2D eigenvalue weighted by molar-refractivity contribution is 7.15. The van der Waals surface area contributed by atoms with Crippen molar-refractivity contribution in [2.45, 2.75) is 248 Å². The highest BCUT2D eigenvalue weighted by Crippen LogP contribution is 2.30. The number of hydrogen-bond donors (Lipinski definition) is 10. The van der Waals surface area contributed by atoms with Crippen LogP contribution in [0.3, 0.4) is 0 Å². The fourth-order valence-electron chi connectivity index (χ4n) is 9.32. The molecule has 31 heteroatoms. The molecule has 16 N–H and O–H groups in total. The first kappa shape index (κ1) is 109. The van der Waals surface area contributed by atoms with E-state index in [1.54, 1.807) is 29.6 Å². The van der Waals surface area contributed by atoms with Gasteiger partial charge in [0.2, 0.25) is 11.8 Å². The van der Waals surface area contributed by atoms with Crippen molar-refractivity contribution in [2.75, 3.05) is 20.8 Å². The zero-order valence-electron chi connectivity index (χ0n) is 61.3. The van der Waals surface area contributed by atoms with Crippen molar-refractivity contribution >= 4 is 105 Å². The van der Waals surface area contributed by atoms with Crippen LogP contribution in [0.2, 0.25) is 0 Å². The number of aromatic nitrogens is 4. The first-order chi connectivity index (χ1) is 49.7. The number of ether oxygens (including phenoxy) is 3. The lowest BCUT2D eigenvalue weighted by atomic mass is 10.1. The van der Waals surface area contributed by atoms with Crippen molar-refractivity contribution in [3.63, 3.8) is 0 Å². The van der Waals surface area contributed by atoms with Crippen LogP contribution < -0.4 is 55.9 Å². The molecular weight excluding hydrogens is 1480 g/mol. The van der Waals surface area contributed by atoms with Crippen LogP contribution in [0.1, 0.15) is 303 Å². The summed E-state index contributed by atoms with van der Waals surface area (Å²) in [6, 6.07) is 26.5. The normalized spacial score (nSPS) is 9.87. The number of carbonyl (C=O) groups excluding carboxylic acids is 8. The first-order valence-electron chi connectivity index (χ1n) is 35.2. The minimum Gasteiger partial charge on any atom is -0.465 e. The minimum absolute atomic E-state index is 0. The van der Waals surface area contributed by atoms with Crippen LogP contribution in [0.15, 0.2) is 97.1 Å². The number of aryl methyl sites for hydroxylation is 2. The Kier molecular flexibility index (Phi) is 69.3. The molecule has 0 saturated carbocycles. The van der Waals surface area contributed by atoms with Gasteiger partial charge in [0.15, 0.2) is 0 Å². The van der Waals surface area contributed by atoms with Gasteiger partial charge in [-0.15, -0.1) is 20.4 Å². The van der Waals surface area contributed by atoms with Gasteiger partial charge in [-0.25, -0.2) is 21.3 Å². The third-order valence-corrected chi connectivity index (χ3v) is 17.5. The van der Waals surface area contributed by atoms with Gasteiger partial charge in [0.05, 0.1) is 25.3 Å². The summed E-state index contributed by atoms with van der Waals surface area (Å²) in [7, 11) is 2.60. The minimum atomic E-state index is -1.53. The number of methoxy groups -OCH3 is 2. The molecule has 0 saturated heterocycles. The van der Waals surface area contributed by atoms with Crippen LogP contribution in [-0.4, -0.2) is 98.1 Å². The van der Waals surface area contributed by atoms with Gasteiger partial charge in [0.1, 0.15) is 20.0 Å². The Bertz CT molecular complexity index is 3040. The summed E-state index contributed by atoms with van der Waals surface area (Å²) in [5.41, 5.74) is 18.0.